The van der Waals surface area contributed by atoms with Crippen LogP contribution in [-0.2, 0) is 4.74 Å². The Morgan fingerprint density at radius 2 is 2.06 bits per heavy atom. The van der Waals surface area contributed by atoms with Crippen molar-refractivity contribution in [1.82, 2.24) is 0 Å². The highest BCUT2D eigenvalue weighted by Gasteiger charge is 2.36. The van der Waals surface area contributed by atoms with Crippen LogP contribution in [0.2, 0.25) is 5.02 Å². The summed E-state index contributed by atoms with van der Waals surface area (Å²) in [5.41, 5.74) is 7.25. The lowest BCUT2D eigenvalue weighted by atomic mass is 9.99. The third kappa shape index (κ3) is 2.73. The lowest BCUT2D eigenvalue weighted by Gasteiger charge is -2.23. The molecule has 0 aromatic heterocycles. The number of halogens is 1. The summed E-state index contributed by atoms with van der Waals surface area (Å²) >= 11 is 5.99. The van der Waals surface area contributed by atoms with Crippen molar-refractivity contribution in [1.29, 1.82) is 0 Å². The molecule has 2 unspecified atom stereocenters. The second-order valence-electron chi connectivity index (χ2n) is 4.46. The summed E-state index contributed by atoms with van der Waals surface area (Å²) in [6, 6.07) is 5.51. The van der Waals surface area contributed by atoms with Crippen LogP contribution in [0.1, 0.15) is 24.4 Å². The Balaban J connectivity index is 2.20. The molecule has 1 aromatic rings. The molecule has 17 heavy (non-hydrogen) atoms. The Kier molecular flexibility index (Phi) is 3.92. The van der Waals surface area contributed by atoms with Crippen molar-refractivity contribution in [3.05, 3.63) is 28.8 Å². The van der Waals surface area contributed by atoms with Crippen LogP contribution in [0, 0.1) is 5.92 Å². The number of nitrogens with two attached hydrogens (primary N) is 1. The summed E-state index contributed by atoms with van der Waals surface area (Å²) < 4.78 is 10.7. The van der Waals surface area contributed by atoms with Gasteiger partial charge in [0.05, 0.1) is 24.3 Å². The van der Waals surface area contributed by atoms with Gasteiger partial charge in [0.15, 0.2) is 0 Å². The van der Waals surface area contributed by atoms with Gasteiger partial charge >= 0.3 is 0 Å². The van der Waals surface area contributed by atoms with E-state index in [4.69, 9.17) is 26.8 Å². The first-order valence-electron chi connectivity index (χ1n) is 5.79. The van der Waals surface area contributed by atoms with Gasteiger partial charge in [0.25, 0.3) is 0 Å². The quantitative estimate of drug-likeness (QED) is 0.880. The highest BCUT2D eigenvalue weighted by molar-refractivity contribution is 6.32. The monoisotopic (exact) mass is 255 g/mol. The van der Waals surface area contributed by atoms with E-state index >= 15 is 0 Å². The zero-order valence-corrected chi connectivity index (χ0v) is 10.9. The Morgan fingerprint density at radius 3 is 2.59 bits per heavy atom. The third-order valence-corrected chi connectivity index (χ3v) is 3.59. The van der Waals surface area contributed by atoms with Gasteiger partial charge in [0.2, 0.25) is 0 Å². The molecule has 1 aliphatic carbocycles. The normalized spacial score (nSPS) is 18.8. The van der Waals surface area contributed by atoms with Crippen molar-refractivity contribution in [2.75, 3.05) is 14.2 Å². The minimum absolute atomic E-state index is 0.0841. The van der Waals surface area contributed by atoms with Crippen molar-refractivity contribution in [3.63, 3.8) is 0 Å². The minimum Gasteiger partial charge on any atom is -0.495 e. The fourth-order valence-corrected chi connectivity index (χ4v) is 2.33. The second-order valence-corrected chi connectivity index (χ2v) is 4.86. The van der Waals surface area contributed by atoms with Crippen LogP contribution in [0.15, 0.2) is 18.2 Å². The summed E-state index contributed by atoms with van der Waals surface area (Å²) in [7, 11) is 3.32. The van der Waals surface area contributed by atoms with E-state index in [-0.39, 0.29) is 12.1 Å². The average Bonchev–Trinajstić information content (AvgIpc) is 3.15. The summed E-state index contributed by atoms with van der Waals surface area (Å²) in [5, 5.41) is 0.601. The predicted molar refractivity (Wildman–Crippen MR) is 68.5 cm³/mol. The number of benzene rings is 1. The van der Waals surface area contributed by atoms with E-state index in [0.29, 0.717) is 16.7 Å². The predicted octanol–water partition coefficient (Wildman–Crippen LogP) is 2.77. The number of ether oxygens (including phenoxy) is 2. The lowest BCUT2D eigenvalue weighted by Crippen LogP contribution is -2.29. The topological polar surface area (TPSA) is 44.5 Å². The molecule has 1 aromatic carbocycles. The standard InChI is InChI=1S/C13H18ClNO2/c1-16-11-7-9(5-6-10(11)14)12(15)13(17-2)8-3-4-8/h5-8,12-13H,3-4,15H2,1-2H3. The molecule has 0 bridgehead atoms. The maximum Gasteiger partial charge on any atom is 0.137 e. The maximum absolute atomic E-state index is 6.24. The highest BCUT2D eigenvalue weighted by atomic mass is 35.5. The van der Waals surface area contributed by atoms with Crippen molar-refractivity contribution in [3.8, 4) is 5.75 Å². The molecule has 4 heteroatoms. The third-order valence-electron chi connectivity index (χ3n) is 3.27. The van der Waals surface area contributed by atoms with Gasteiger partial charge in [-0.2, -0.15) is 0 Å². The van der Waals surface area contributed by atoms with Gasteiger partial charge in [-0.1, -0.05) is 17.7 Å². The van der Waals surface area contributed by atoms with Crippen LogP contribution >= 0.6 is 11.6 Å². The summed E-state index contributed by atoms with van der Waals surface area (Å²) in [6.45, 7) is 0. The van der Waals surface area contributed by atoms with Crippen molar-refractivity contribution >= 4 is 11.6 Å². The highest BCUT2D eigenvalue weighted by Crippen LogP contribution is 2.39. The smallest absolute Gasteiger partial charge is 0.137 e. The van der Waals surface area contributed by atoms with Crippen molar-refractivity contribution in [2.24, 2.45) is 11.7 Å². The fraction of sp³-hybridized carbons (Fsp3) is 0.538. The fourth-order valence-electron chi connectivity index (χ4n) is 2.13. The van der Waals surface area contributed by atoms with E-state index in [2.05, 4.69) is 0 Å². The molecule has 2 rings (SSSR count). The Bertz CT molecular complexity index is 393. The van der Waals surface area contributed by atoms with Crippen LogP contribution in [0.3, 0.4) is 0 Å². The molecule has 0 saturated heterocycles. The molecule has 94 valence electrons. The first kappa shape index (κ1) is 12.7. The zero-order chi connectivity index (χ0) is 12.4. The van der Waals surface area contributed by atoms with E-state index in [9.17, 15) is 0 Å². The second kappa shape index (κ2) is 5.25. The number of rotatable bonds is 5. The molecule has 0 amide bonds. The van der Waals surface area contributed by atoms with Crippen LogP contribution in [0.25, 0.3) is 0 Å². The molecule has 0 aliphatic heterocycles. The molecule has 3 nitrogen and oxygen atoms in total. The Hall–Kier alpha value is -0.770. The molecule has 1 saturated carbocycles. The van der Waals surface area contributed by atoms with Gasteiger partial charge < -0.3 is 15.2 Å². The molecule has 0 radical (unpaired) electrons. The summed E-state index contributed by atoms with van der Waals surface area (Å²) in [6.07, 6.45) is 2.49. The molecule has 0 heterocycles. The van der Waals surface area contributed by atoms with E-state index in [0.717, 1.165) is 5.56 Å². The molecular formula is C13H18ClNO2. The summed E-state index contributed by atoms with van der Waals surface area (Å²) in [5.74, 6) is 1.25. The number of hydrogen-bond donors (Lipinski definition) is 1. The van der Waals surface area contributed by atoms with Crippen LogP contribution < -0.4 is 10.5 Å². The van der Waals surface area contributed by atoms with Gasteiger partial charge in [-0.3, -0.25) is 0 Å². The van der Waals surface area contributed by atoms with Gasteiger partial charge in [0.1, 0.15) is 5.75 Å². The first-order valence-corrected chi connectivity index (χ1v) is 6.17. The van der Waals surface area contributed by atoms with E-state index in [1.807, 2.05) is 18.2 Å². The number of methoxy groups -OCH3 is 2. The van der Waals surface area contributed by atoms with E-state index in [1.165, 1.54) is 12.8 Å². The van der Waals surface area contributed by atoms with E-state index in [1.54, 1.807) is 14.2 Å². The first-order chi connectivity index (χ1) is 8.17. The molecule has 2 atom stereocenters. The summed E-state index contributed by atoms with van der Waals surface area (Å²) in [4.78, 5) is 0. The molecule has 2 N–H and O–H groups in total. The SMILES string of the molecule is COc1cc(C(N)C(OC)C2CC2)ccc1Cl. The Morgan fingerprint density at radius 1 is 1.35 bits per heavy atom. The molecule has 0 spiro atoms. The molecule has 1 fully saturated rings. The van der Waals surface area contributed by atoms with Gasteiger partial charge in [-0.15, -0.1) is 0 Å². The zero-order valence-electron chi connectivity index (χ0n) is 10.2. The lowest BCUT2D eigenvalue weighted by molar-refractivity contribution is 0.0624. The number of hydrogen-bond acceptors (Lipinski definition) is 3. The van der Waals surface area contributed by atoms with Crippen LogP contribution in [-0.4, -0.2) is 20.3 Å². The van der Waals surface area contributed by atoms with Crippen LogP contribution in [0.5, 0.6) is 5.75 Å². The van der Waals surface area contributed by atoms with Crippen molar-refractivity contribution in [2.45, 2.75) is 25.0 Å². The molecular weight excluding hydrogens is 238 g/mol. The Labute approximate surface area is 107 Å². The van der Waals surface area contributed by atoms with Crippen LogP contribution in [0.4, 0.5) is 0 Å². The molecule has 1 aliphatic rings. The maximum atomic E-state index is 6.24. The largest absolute Gasteiger partial charge is 0.495 e. The van der Waals surface area contributed by atoms with E-state index < -0.39 is 0 Å². The van der Waals surface area contributed by atoms with Gasteiger partial charge in [-0.05, 0) is 36.5 Å². The minimum atomic E-state index is -0.126. The van der Waals surface area contributed by atoms with Gasteiger partial charge in [0, 0.05) is 7.11 Å². The van der Waals surface area contributed by atoms with Gasteiger partial charge in [-0.25, -0.2) is 0 Å². The van der Waals surface area contributed by atoms with Crippen molar-refractivity contribution < 1.29 is 9.47 Å². The average molecular weight is 256 g/mol.